The molecule has 0 aromatic heterocycles. The highest BCUT2D eigenvalue weighted by atomic mass is 16.5. The molecule has 8 heteroatoms. The lowest BCUT2D eigenvalue weighted by Crippen LogP contribution is -2.56. The number of hydrogen-bond donors (Lipinski definition) is 3. The molecule has 194 valence electrons. The molecule has 2 aromatic carbocycles. The van der Waals surface area contributed by atoms with Gasteiger partial charge in [-0.1, -0.05) is 48.5 Å². The summed E-state index contributed by atoms with van der Waals surface area (Å²) in [5, 5.41) is 9.07. The van der Waals surface area contributed by atoms with Crippen LogP contribution in [-0.4, -0.2) is 67.0 Å². The van der Waals surface area contributed by atoms with Crippen LogP contribution in [0.5, 0.6) is 5.75 Å². The number of ether oxygens (including phenoxy) is 1. The van der Waals surface area contributed by atoms with E-state index < -0.39 is 18.1 Å². The van der Waals surface area contributed by atoms with Crippen LogP contribution in [0.1, 0.15) is 38.3 Å². The van der Waals surface area contributed by atoms with Gasteiger partial charge >= 0.3 is 0 Å². The molecule has 1 aliphatic rings. The average molecular weight is 495 g/mol. The highest BCUT2D eigenvalue weighted by Gasteiger charge is 2.29. The summed E-state index contributed by atoms with van der Waals surface area (Å²) >= 11 is 0. The Kier molecular flexibility index (Phi) is 9.87. The van der Waals surface area contributed by atoms with E-state index in [1.807, 2.05) is 61.5 Å². The Morgan fingerprint density at radius 2 is 1.64 bits per heavy atom. The van der Waals surface area contributed by atoms with E-state index in [0.717, 1.165) is 29.7 Å². The van der Waals surface area contributed by atoms with E-state index in [-0.39, 0.29) is 23.8 Å². The summed E-state index contributed by atoms with van der Waals surface area (Å²) in [5.74, 6) is -0.0304. The second-order valence-electron chi connectivity index (χ2n) is 9.44. The molecule has 0 fully saturated rings. The summed E-state index contributed by atoms with van der Waals surface area (Å²) in [6.07, 6.45) is 1.66. The summed E-state index contributed by atoms with van der Waals surface area (Å²) in [6, 6.07) is 15.4. The van der Waals surface area contributed by atoms with Crippen molar-refractivity contribution in [2.24, 2.45) is 0 Å². The van der Waals surface area contributed by atoms with Crippen LogP contribution in [0.2, 0.25) is 0 Å². The van der Waals surface area contributed by atoms with Crippen molar-refractivity contribution in [2.45, 2.75) is 64.3 Å². The minimum absolute atomic E-state index is 0.162. The number of aryl methyl sites for hydroxylation is 1. The summed E-state index contributed by atoms with van der Waals surface area (Å²) in [6.45, 7) is 6.33. The summed E-state index contributed by atoms with van der Waals surface area (Å²) in [5.41, 5.74) is 2.00. The number of hydrogen-bond acceptors (Lipinski definition) is 5. The van der Waals surface area contributed by atoms with Crippen molar-refractivity contribution < 1.29 is 19.1 Å². The van der Waals surface area contributed by atoms with Crippen molar-refractivity contribution in [3.05, 3.63) is 65.7 Å². The van der Waals surface area contributed by atoms with Gasteiger partial charge in [0.2, 0.25) is 17.7 Å². The van der Waals surface area contributed by atoms with Gasteiger partial charge in [0, 0.05) is 26.6 Å². The van der Waals surface area contributed by atoms with Crippen LogP contribution in [0.15, 0.2) is 54.6 Å². The lowest BCUT2D eigenvalue weighted by molar-refractivity contribution is -0.140. The lowest BCUT2D eigenvalue weighted by Gasteiger charge is -2.29. The Bertz CT molecular complexity index is 1030. The Morgan fingerprint density at radius 3 is 2.39 bits per heavy atom. The number of para-hydroxylation sites is 1. The number of carbonyl (C=O) groups is 3. The maximum atomic E-state index is 13.1. The predicted octanol–water partition coefficient (Wildman–Crippen LogP) is 2.07. The molecule has 0 aliphatic carbocycles. The molecule has 1 heterocycles. The molecule has 1 aliphatic heterocycles. The molecular weight excluding hydrogens is 456 g/mol. The molecule has 3 N–H and O–H groups in total. The number of nitrogens with zero attached hydrogens (tertiary/aromatic N) is 1. The van der Waals surface area contributed by atoms with Gasteiger partial charge < -0.3 is 25.6 Å². The molecule has 0 spiro atoms. The van der Waals surface area contributed by atoms with Crippen LogP contribution >= 0.6 is 0 Å². The molecule has 3 amide bonds. The standard InChI is InChI=1S/C28H38N4O4/c1-19-18-30-20(2)28(35)32(4)21(3)26(33)31-24(17-22-11-6-5-7-12-22)27(34)29-16-10-14-23-13-8-9-15-25(23)36-19/h5-9,11-13,15,19-21,24,30H,10,14,16-18H2,1-4H3,(H,29,34)(H,31,33)/t19-,20+,21-,24-/m1/s1. The van der Waals surface area contributed by atoms with E-state index in [0.29, 0.717) is 19.5 Å². The third-order valence-electron chi connectivity index (χ3n) is 6.53. The van der Waals surface area contributed by atoms with E-state index in [4.69, 9.17) is 4.74 Å². The fourth-order valence-corrected chi connectivity index (χ4v) is 4.15. The number of carbonyl (C=O) groups excluding carboxylic acids is 3. The fourth-order valence-electron chi connectivity index (χ4n) is 4.15. The number of amides is 3. The topological polar surface area (TPSA) is 99.8 Å². The third kappa shape index (κ3) is 7.55. The molecule has 3 rings (SSSR count). The highest BCUT2D eigenvalue weighted by Crippen LogP contribution is 2.21. The number of fused-ring (bicyclic) bond motifs is 1. The number of rotatable bonds is 2. The molecule has 0 unspecified atom stereocenters. The maximum Gasteiger partial charge on any atom is 0.243 e. The molecule has 0 bridgehead atoms. The smallest absolute Gasteiger partial charge is 0.243 e. The lowest BCUT2D eigenvalue weighted by atomic mass is 10.0. The van der Waals surface area contributed by atoms with E-state index >= 15 is 0 Å². The first-order valence-electron chi connectivity index (χ1n) is 12.6. The third-order valence-corrected chi connectivity index (χ3v) is 6.53. The van der Waals surface area contributed by atoms with Gasteiger partial charge in [-0.2, -0.15) is 0 Å². The first-order valence-corrected chi connectivity index (χ1v) is 12.6. The molecular formula is C28H38N4O4. The second-order valence-corrected chi connectivity index (χ2v) is 9.44. The SMILES string of the molecule is C[C@@H]1CN[C@@H](C)C(=O)N(C)[C@H](C)C(=O)N[C@H](Cc2ccccc2)C(=O)NCCCc2ccccc2O1. The van der Waals surface area contributed by atoms with Gasteiger partial charge in [0.15, 0.2) is 0 Å². The van der Waals surface area contributed by atoms with Crippen LogP contribution < -0.4 is 20.7 Å². The van der Waals surface area contributed by atoms with Crippen molar-refractivity contribution in [3.8, 4) is 5.75 Å². The molecule has 0 saturated heterocycles. The van der Waals surface area contributed by atoms with Gasteiger partial charge in [-0.3, -0.25) is 14.4 Å². The predicted molar refractivity (Wildman–Crippen MR) is 140 cm³/mol. The Balaban J connectivity index is 1.81. The Morgan fingerprint density at radius 1 is 0.944 bits per heavy atom. The van der Waals surface area contributed by atoms with Crippen molar-refractivity contribution in [1.82, 2.24) is 20.9 Å². The molecule has 4 atom stereocenters. The quantitative estimate of drug-likeness (QED) is 0.594. The first-order chi connectivity index (χ1) is 17.3. The molecule has 8 nitrogen and oxygen atoms in total. The van der Waals surface area contributed by atoms with E-state index in [1.54, 1.807) is 20.9 Å². The van der Waals surface area contributed by atoms with E-state index in [9.17, 15) is 14.4 Å². The van der Waals surface area contributed by atoms with Crippen LogP contribution in [0.3, 0.4) is 0 Å². The van der Waals surface area contributed by atoms with Gasteiger partial charge in [0.05, 0.1) is 6.04 Å². The number of likely N-dealkylation sites (N-methyl/N-ethyl adjacent to an activating group) is 1. The van der Waals surface area contributed by atoms with Gasteiger partial charge in [0.1, 0.15) is 23.9 Å². The highest BCUT2D eigenvalue weighted by molar-refractivity contribution is 5.92. The zero-order valence-electron chi connectivity index (χ0n) is 21.6. The maximum absolute atomic E-state index is 13.1. The first kappa shape index (κ1) is 27.2. The second kappa shape index (κ2) is 13.1. The monoisotopic (exact) mass is 494 g/mol. The van der Waals surface area contributed by atoms with Crippen molar-refractivity contribution >= 4 is 17.7 Å². The Labute approximate surface area is 213 Å². The van der Waals surface area contributed by atoms with Crippen LogP contribution in [-0.2, 0) is 27.2 Å². The van der Waals surface area contributed by atoms with Crippen LogP contribution in [0.4, 0.5) is 0 Å². The summed E-state index contributed by atoms with van der Waals surface area (Å²) in [7, 11) is 1.60. The number of benzene rings is 2. The molecule has 2 aromatic rings. The zero-order chi connectivity index (χ0) is 26.1. The minimum atomic E-state index is -0.753. The average Bonchev–Trinajstić information content (AvgIpc) is 2.88. The molecule has 0 saturated carbocycles. The molecule has 36 heavy (non-hydrogen) atoms. The van der Waals surface area contributed by atoms with Crippen molar-refractivity contribution in [2.75, 3.05) is 20.1 Å². The Hall–Kier alpha value is -3.39. The van der Waals surface area contributed by atoms with E-state index in [2.05, 4.69) is 16.0 Å². The summed E-state index contributed by atoms with van der Waals surface area (Å²) < 4.78 is 6.16. The van der Waals surface area contributed by atoms with Crippen LogP contribution in [0, 0.1) is 0 Å². The zero-order valence-corrected chi connectivity index (χ0v) is 21.6. The number of nitrogens with one attached hydrogen (secondary N) is 3. The summed E-state index contributed by atoms with van der Waals surface area (Å²) in [4.78, 5) is 40.6. The van der Waals surface area contributed by atoms with Gasteiger partial charge in [-0.05, 0) is 50.8 Å². The molecule has 0 radical (unpaired) electrons. The van der Waals surface area contributed by atoms with Gasteiger partial charge in [0.25, 0.3) is 0 Å². The van der Waals surface area contributed by atoms with Crippen molar-refractivity contribution in [3.63, 3.8) is 0 Å². The van der Waals surface area contributed by atoms with E-state index in [1.165, 1.54) is 4.90 Å². The minimum Gasteiger partial charge on any atom is -0.489 e. The van der Waals surface area contributed by atoms with Gasteiger partial charge in [-0.25, -0.2) is 0 Å². The van der Waals surface area contributed by atoms with Gasteiger partial charge in [-0.15, -0.1) is 0 Å². The normalized spacial score (nSPS) is 25.0. The van der Waals surface area contributed by atoms with Crippen molar-refractivity contribution in [1.29, 1.82) is 0 Å². The largest absolute Gasteiger partial charge is 0.489 e. The van der Waals surface area contributed by atoms with Crippen LogP contribution in [0.25, 0.3) is 0 Å². The fraction of sp³-hybridized carbons (Fsp3) is 0.464.